The van der Waals surface area contributed by atoms with Crippen molar-refractivity contribution in [2.24, 2.45) is 0 Å². The van der Waals surface area contributed by atoms with Crippen LogP contribution in [0, 0.1) is 11.8 Å². The van der Waals surface area contributed by atoms with Crippen molar-refractivity contribution in [3.63, 3.8) is 0 Å². The van der Waals surface area contributed by atoms with Gasteiger partial charge in [0.05, 0.1) is 0 Å². The van der Waals surface area contributed by atoms with Crippen LogP contribution in [0.2, 0.25) is 0 Å². The van der Waals surface area contributed by atoms with Gasteiger partial charge in [0.2, 0.25) is 0 Å². The Bertz CT molecular complexity index is 58.0. The van der Waals surface area contributed by atoms with E-state index in [1.54, 1.807) is 0 Å². The minimum Gasteiger partial charge on any atom is -0.202 e. The maximum atomic E-state index is 6.99. The Hall–Kier alpha value is 0.350. The minimum absolute atomic E-state index is 0. The maximum absolute atomic E-state index is 6.99. The molecule has 0 saturated carbocycles. The molecule has 0 amide bonds. The van der Waals surface area contributed by atoms with Crippen LogP contribution in [-0.4, -0.2) is 6.62 Å². The molecule has 2 atom stereocenters. The van der Waals surface area contributed by atoms with E-state index in [1.165, 1.54) is 0 Å². The smallest absolute Gasteiger partial charge is 0.156 e. The van der Waals surface area contributed by atoms with Crippen molar-refractivity contribution in [1.29, 1.82) is 5.26 Å². The zero-order valence-corrected chi connectivity index (χ0v) is 5.38. The van der Waals surface area contributed by atoms with Gasteiger partial charge in [0.25, 0.3) is 0 Å². The summed E-state index contributed by atoms with van der Waals surface area (Å²) in [6.45, 7) is 0.250. The first-order valence-corrected chi connectivity index (χ1v) is 1.22. The Kier molecular flexibility index (Phi) is 282. The summed E-state index contributed by atoms with van der Waals surface area (Å²) in [4.78, 5) is 0. The molecule has 0 fully saturated rings. The second kappa shape index (κ2) is 399. The fourth-order valence-electron chi connectivity index (χ4n) is 0. The van der Waals surface area contributed by atoms with Crippen LogP contribution in [-0.2, 0) is 0 Å². The summed E-state index contributed by atoms with van der Waals surface area (Å²) in [6.07, 6.45) is 0. The summed E-state index contributed by atoms with van der Waals surface area (Å²) in [5, 5.41) is 6.99. The van der Waals surface area contributed by atoms with Crippen LogP contribution in [0.3, 0.4) is 0 Å². The third-order valence-corrected chi connectivity index (χ3v) is 0. The van der Waals surface area contributed by atoms with E-state index in [1.807, 2.05) is 9.24 Å². The van der Waals surface area contributed by atoms with E-state index >= 15 is 0 Å². The highest BCUT2D eigenvalue weighted by molar-refractivity contribution is 7.15. The first-order chi connectivity index (χ1) is 3.15. The topological polar surface area (TPSA) is 23.8 Å². The van der Waals surface area contributed by atoms with Gasteiger partial charge in [-0.2, -0.15) is 9.90 Å². The molecule has 0 rings (SSSR count). The van der Waals surface area contributed by atoms with Crippen LogP contribution < -0.4 is 0 Å². The van der Waals surface area contributed by atoms with Gasteiger partial charge < -0.3 is 0 Å². The van der Waals surface area contributed by atoms with Crippen molar-refractivity contribution in [3.8, 4) is 6.55 Å². The summed E-state index contributed by atoms with van der Waals surface area (Å²) in [5.41, 5.74) is 0. The third kappa shape index (κ3) is 196. The highest BCUT2D eigenvalue weighted by Gasteiger charge is 0.906. The number of rotatable bonds is 0. The number of nitrogens with zero attached hydrogens (tertiary/aromatic N) is 1. The zero-order chi connectivity index (χ0) is 6.28. The van der Waals surface area contributed by atoms with Crippen LogP contribution in [0.15, 0.2) is 0 Å². The molecule has 1 nitrogen and oxygen atoms in total. The molecule has 0 saturated heterocycles. The van der Waals surface area contributed by atoms with E-state index in [4.69, 9.17) is 9.37 Å². The van der Waals surface area contributed by atoms with E-state index < -0.39 is 6.62 Å². The second-order valence-electron chi connectivity index (χ2n) is 0. The van der Waals surface area contributed by atoms with Gasteiger partial charge in [-0.15, -0.1) is 9.24 Å². The Morgan fingerprint density at radius 3 is 2.40 bits per heavy atom. The fourth-order valence-corrected chi connectivity index (χ4v) is 0. The van der Waals surface area contributed by atoms with Crippen molar-refractivity contribution >= 4 is 19.1 Å². The number of hydrogen-bond donors (Lipinski definition) is 0. The Labute approximate surface area is 42.8 Å². The molecule has 0 aliphatic rings. The summed E-state index contributed by atoms with van der Waals surface area (Å²) in [5.74, 6) is 0. The first kappa shape index (κ1) is 3.54. The largest absolute Gasteiger partial charge is 0.202 e. The van der Waals surface area contributed by atoms with Crippen molar-refractivity contribution in [2.45, 2.75) is 0 Å². The Morgan fingerprint density at radius 2 is 2.40 bits per heavy atom. The van der Waals surface area contributed by atoms with Gasteiger partial charge in [-0.25, -0.2) is 5.26 Å². The van der Waals surface area contributed by atoms with Gasteiger partial charge >= 0.3 is 0 Å². The SMILES string of the molecule is P.[2H]C#N.[2H]C([2H])P. The predicted octanol–water partition coefficient (Wildman–Crippen LogP) is 0.689. The molecule has 32 valence electrons. The molecule has 0 aromatic rings. The standard InChI is InChI=1S/CHN.CH5P.H3P/c2*1-2;/h1H;2H2,1H3;1H3/i1D;1D2;. The highest BCUT2D eigenvalue weighted by atomic mass is 31.0. The van der Waals surface area contributed by atoms with Gasteiger partial charge in [0.1, 0.15) is 0 Å². The zero-order valence-electron chi connectivity index (χ0n) is 5.81. The average Bonchev–Trinajstić information content (AvgIpc) is 1.33. The van der Waals surface area contributed by atoms with E-state index in [9.17, 15) is 0 Å². The van der Waals surface area contributed by atoms with Gasteiger partial charge in [-0.3, -0.25) is 0 Å². The molecule has 0 spiro atoms. The van der Waals surface area contributed by atoms with Crippen LogP contribution in [0.4, 0.5) is 0 Å². The number of nitriles is 1. The molecular formula is C2H9NP2. The molecule has 0 bridgehead atoms. The molecular weight excluding hydrogens is 100.0 g/mol. The van der Waals surface area contributed by atoms with E-state index in [-0.39, 0.29) is 9.90 Å². The van der Waals surface area contributed by atoms with Crippen molar-refractivity contribution in [1.82, 2.24) is 0 Å². The molecule has 0 aliphatic heterocycles. The summed E-state index contributed by atoms with van der Waals surface area (Å²) in [6, 6.07) is 0. The third-order valence-electron chi connectivity index (χ3n) is 0. The molecule has 5 heavy (non-hydrogen) atoms. The average molecular weight is 112 g/mol. The van der Waals surface area contributed by atoms with Gasteiger partial charge in [-0.1, -0.05) is 6.62 Å². The van der Waals surface area contributed by atoms with Crippen LogP contribution in [0.1, 0.15) is 4.11 Å². The maximum Gasteiger partial charge on any atom is 0.156 e. The van der Waals surface area contributed by atoms with Gasteiger partial charge in [-0.05, 0) is 0 Å². The predicted molar refractivity (Wildman–Crippen MR) is 33.4 cm³/mol. The van der Waals surface area contributed by atoms with E-state index in [0.717, 1.165) is 6.55 Å². The molecule has 2 unspecified atom stereocenters. The van der Waals surface area contributed by atoms with E-state index in [2.05, 4.69) is 0 Å². The van der Waals surface area contributed by atoms with Crippen molar-refractivity contribution in [3.05, 3.63) is 0 Å². The summed E-state index contributed by atoms with van der Waals surface area (Å²) < 4.78 is 17.9. The molecule has 0 aromatic carbocycles. The van der Waals surface area contributed by atoms with Crippen LogP contribution in [0.5, 0.6) is 0 Å². The van der Waals surface area contributed by atoms with Crippen molar-refractivity contribution < 1.29 is 4.11 Å². The lowest BCUT2D eigenvalue weighted by Gasteiger charge is -1.10. The molecule has 0 radical (unpaired) electrons. The monoisotopic (exact) mass is 112 g/mol. The van der Waals surface area contributed by atoms with Gasteiger partial charge in [0.15, 0.2) is 1.37 Å². The lowest BCUT2D eigenvalue weighted by atomic mass is 11.9. The van der Waals surface area contributed by atoms with Crippen LogP contribution in [0.25, 0.3) is 0 Å². The van der Waals surface area contributed by atoms with Crippen LogP contribution >= 0.6 is 19.1 Å². The quantitative estimate of drug-likeness (QED) is 0.423. The molecule has 0 N–H and O–H groups in total. The summed E-state index contributed by atoms with van der Waals surface area (Å²) >= 11 is 0. The molecule has 0 aliphatic carbocycles. The lowest BCUT2D eigenvalue weighted by molar-refractivity contribution is 1.58. The Balaban J connectivity index is -0.0000000575. The second-order valence-corrected chi connectivity index (χ2v) is 0. The normalized spacial score (nSPS) is 9.40. The highest BCUT2D eigenvalue weighted by Crippen LogP contribution is 1.46. The molecule has 3 heteroatoms. The molecule has 0 aromatic heterocycles. The van der Waals surface area contributed by atoms with Crippen molar-refractivity contribution in [2.75, 3.05) is 6.62 Å². The minimum atomic E-state index is -0.750. The lowest BCUT2D eigenvalue weighted by Crippen LogP contribution is -0.804. The Morgan fingerprint density at radius 1 is 2.40 bits per heavy atom. The van der Waals surface area contributed by atoms with Gasteiger partial charge in [0, 0.05) is 9.29 Å². The molecule has 0 heterocycles. The number of hydrogen-bond acceptors (Lipinski definition) is 1. The van der Waals surface area contributed by atoms with E-state index in [0.29, 0.717) is 0 Å². The first-order valence-electron chi connectivity index (χ1n) is 2.21. The fraction of sp³-hybridized carbons (Fsp3) is 0.500. The summed E-state index contributed by atoms with van der Waals surface area (Å²) in [7, 11) is 1.99.